The number of hydrogen-bond acceptors (Lipinski definition) is 6. The van der Waals surface area contributed by atoms with E-state index in [0.29, 0.717) is 18.9 Å². The van der Waals surface area contributed by atoms with Gasteiger partial charge in [0.2, 0.25) is 10.0 Å². The van der Waals surface area contributed by atoms with Crippen LogP contribution in [-0.2, 0) is 14.8 Å². The topological polar surface area (TPSA) is 84.9 Å². The highest BCUT2D eigenvalue weighted by Gasteiger charge is 2.31. The highest BCUT2D eigenvalue weighted by Crippen LogP contribution is 2.27. The number of hydrogen-bond donors (Lipinski definition) is 1. The standard InChI is InChI=1S/C16H16F2N2O5S2/c17-16(18)25-12-3-1-11(2-4-12)19-15(21)14-13(5-10-26-14)27(22,23)20-6-8-24-9-7-20/h1-5,10,16H,6-9H2,(H,19,21). The molecule has 1 aliphatic rings. The minimum Gasteiger partial charge on any atom is -0.435 e. The maximum absolute atomic E-state index is 12.8. The molecule has 1 amide bonds. The lowest BCUT2D eigenvalue weighted by Gasteiger charge is -2.26. The number of morpholine rings is 1. The summed E-state index contributed by atoms with van der Waals surface area (Å²) in [6, 6.07) is 6.73. The fourth-order valence-electron chi connectivity index (χ4n) is 2.50. The van der Waals surface area contributed by atoms with E-state index < -0.39 is 22.5 Å². The molecule has 146 valence electrons. The summed E-state index contributed by atoms with van der Waals surface area (Å²) in [5.74, 6) is -0.644. The Labute approximate surface area is 158 Å². The third-order valence-electron chi connectivity index (χ3n) is 3.76. The molecule has 7 nitrogen and oxygen atoms in total. The monoisotopic (exact) mass is 418 g/mol. The van der Waals surface area contributed by atoms with Crippen LogP contribution < -0.4 is 10.1 Å². The summed E-state index contributed by atoms with van der Waals surface area (Å²) in [4.78, 5) is 12.5. The van der Waals surface area contributed by atoms with Gasteiger partial charge < -0.3 is 14.8 Å². The summed E-state index contributed by atoms with van der Waals surface area (Å²) in [5, 5.41) is 4.09. The first-order valence-corrected chi connectivity index (χ1v) is 10.2. The van der Waals surface area contributed by atoms with Crippen molar-refractivity contribution in [1.29, 1.82) is 0 Å². The second-order valence-electron chi connectivity index (χ2n) is 5.49. The van der Waals surface area contributed by atoms with Crippen LogP contribution >= 0.6 is 11.3 Å². The Hall–Kier alpha value is -2.08. The number of halogens is 2. The molecule has 11 heteroatoms. The molecule has 1 aromatic carbocycles. The third kappa shape index (κ3) is 4.61. The van der Waals surface area contributed by atoms with Crippen molar-refractivity contribution >= 4 is 33.0 Å². The van der Waals surface area contributed by atoms with E-state index in [1.807, 2.05) is 0 Å². The summed E-state index contributed by atoms with van der Waals surface area (Å²) in [7, 11) is -3.81. The minimum atomic E-state index is -3.81. The van der Waals surface area contributed by atoms with Gasteiger partial charge in [0.25, 0.3) is 5.91 Å². The predicted octanol–water partition coefficient (Wildman–Crippen LogP) is 2.62. The van der Waals surface area contributed by atoms with E-state index in [-0.39, 0.29) is 28.6 Å². The zero-order chi connectivity index (χ0) is 19.4. The molecular formula is C16H16F2N2O5S2. The molecule has 0 spiro atoms. The van der Waals surface area contributed by atoms with Crippen molar-refractivity contribution < 1.29 is 31.5 Å². The van der Waals surface area contributed by atoms with Crippen LogP contribution in [0.3, 0.4) is 0 Å². The average molecular weight is 418 g/mol. The molecule has 1 fully saturated rings. The van der Waals surface area contributed by atoms with Crippen molar-refractivity contribution in [3.8, 4) is 5.75 Å². The lowest BCUT2D eigenvalue weighted by molar-refractivity contribution is -0.0498. The SMILES string of the molecule is O=C(Nc1ccc(OC(F)F)cc1)c1sccc1S(=O)(=O)N1CCOCC1. The molecule has 1 saturated heterocycles. The van der Waals surface area contributed by atoms with E-state index in [4.69, 9.17) is 4.74 Å². The summed E-state index contributed by atoms with van der Waals surface area (Å²) in [6.07, 6.45) is 0. The number of amides is 1. The van der Waals surface area contributed by atoms with Crippen LogP contribution in [0.15, 0.2) is 40.6 Å². The van der Waals surface area contributed by atoms with Gasteiger partial charge in [0, 0.05) is 18.8 Å². The predicted molar refractivity (Wildman–Crippen MR) is 94.9 cm³/mol. The Morgan fingerprint density at radius 3 is 2.48 bits per heavy atom. The van der Waals surface area contributed by atoms with E-state index in [1.54, 1.807) is 0 Å². The van der Waals surface area contributed by atoms with E-state index in [9.17, 15) is 22.0 Å². The van der Waals surface area contributed by atoms with Crippen molar-refractivity contribution in [1.82, 2.24) is 4.31 Å². The number of benzene rings is 1. The van der Waals surface area contributed by atoms with E-state index in [1.165, 1.54) is 40.0 Å². The van der Waals surface area contributed by atoms with E-state index in [0.717, 1.165) is 11.3 Å². The Kier molecular flexibility index (Phi) is 6.05. The van der Waals surface area contributed by atoms with Crippen molar-refractivity contribution in [2.45, 2.75) is 11.5 Å². The zero-order valence-electron chi connectivity index (χ0n) is 13.9. The highest BCUT2D eigenvalue weighted by atomic mass is 32.2. The molecule has 3 rings (SSSR count). The highest BCUT2D eigenvalue weighted by molar-refractivity contribution is 7.89. The van der Waals surface area contributed by atoms with Crippen molar-refractivity contribution in [3.05, 3.63) is 40.6 Å². The molecular weight excluding hydrogens is 402 g/mol. The molecule has 2 heterocycles. The van der Waals surface area contributed by atoms with Gasteiger partial charge in [-0.25, -0.2) is 8.42 Å². The summed E-state index contributed by atoms with van der Waals surface area (Å²) >= 11 is 1.01. The van der Waals surface area contributed by atoms with Gasteiger partial charge in [-0.15, -0.1) is 11.3 Å². The molecule has 0 atom stereocenters. The van der Waals surface area contributed by atoms with Crippen molar-refractivity contribution in [2.75, 3.05) is 31.6 Å². The van der Waals surface area contributed by atoms with E-state index >= 15 is 0 Å². The van der Waals surface area contributed by atoms with Crippen LogP contribution in [0.25, 0.3) is 0 Å². The van der Waals surface area contributed by atoms with Crippen molar-refractivity contribution in [2.24, 2.45) is 0 Å². The lowest BCUT2D eigenvalue weighted by atomic mass is 10.3. The first-order valence-electron chi connectivity index (χ1n) is 7.89. The second-order valence-corrected chi connectivity index (χ2v) is 8.31. The quantitative estimate of drug-likeness (QED) is 0.780. The van der Waals surface area contributed by atoms with E-state index in [2.05, 4.69) is 10.1 Å². The van der Waals surface area contributed by atoms with Crippen LogP contribution in [0.4, 0.5) is 14.5 Å². The number of nitrogens with one attached hydrogen (secondary N) is 1. The van der Waals surface area contributed by atoms with Gasteiger partial charge in [0.1, 0.15) is 15.5 Å². The molecule has 0 aliphatic carbocycles. The normalized spacial score (nSPS) is 15.7. The van der Waals surface area contributed by atoms with Gasteiger partial charge in [-0.1, -0.05) is 0 Å². The smallest absolute Gasteiger partial charge is 0.387 e. The molecule has 0 saturated carbocycles. The number of carbonyl (C=O) groups excluding carboxylic acids is 1. The van der Waals surface area contributed by atoms with Gasteiger partial charge in [-0.2, -0.15) is 13.1 Å². The maximum Gasteiger partial charge on any atom is 0.387 e. The Balaban J connectivity index is 1.75. The van der Waals surface area contributed by atoms with Gasteiger partial charge in [0.05, 0.1) is 13.2 Å². The van der Waals surface area contributed by atoms with Crippen LogP contribution in [0.2, 0.25) is 0 Å². The van der Waals surface area contributed by atoms with Gasteiger partial charge in [-0.3, -0.25) is 4.79 Å². The second kappa shape index (κ2) is 8.30. The third-order valence-corrected chi connectivity index (χ3v) is 6.74. The van der Waals surface area contributed by atoms with Gasteiger partial charge in [0.15, 0.2) is 0 Å². The number of anilines is 1. The Morgan fingerprint density at radius 2 is 1.85 bits per heavy atom. The summed E-state index contributed by atoms with van der Waals surface area (Å²) in [5.41, 5.74) is 0.324. The van der Waals surface area contributed by atoms with Gasteiger partial charge >= 0.3 is 6.61 Å². The summed E-state index contributed by atoms with van der Waals surface area (Å²) in [6.45, 7) is -1.88. The molecule has 1 aromatic heterocycles. The molecule has 1 aliphatic heterocycles. The van der Waals surface area contributed by atoms with Crippen LogP contribution in [0.5, 0.6) is 5.75 Å². The largest absolute Gasteiger partial charge is 0.435 e. The number of sulfonamides is 1. The number of thiophene rings is 1. The molecule has 0 radical (unpaired) electrons. The Bertz CT molecular complexity index is 894. The number of carbonyl (C=O) groups is 1. The first-order chi connectivity index (χ1) is 12.9. The molecule has 0 unspecified atom stereocenters. The molecule has 0 bridgehead atoms. The number of alkyl halides is 2. The van der Waals surface area contributed by atoms with Crippen LogP contribution in [-0.4, -0.2) is 51.5 Å². The minimum absolute atomic E-state index is 0.0466. The number of nitrogens with zero attached hydrogens (tertiary/aromatic N) is 1. The van der Waals surface area contributed by atoms with Crippen LogP contribution in [0, 0.1) is 0 Å². The first kappa shape index (κ1) is 19.7. The summed E-state index contributed by atoms with van der Waals surface area (Å²) < 4.78 is 60.6. The number of rotatable bonds is 6. The number of ether oxygens (including phenoxy) is 2. The zero-order valence-corrected chi connectivity index (χ0v) is 15.6. The van der Waals surface area contributed by atoms with Crippen LogP contribution in [0.1, 0.15) is 9.67 Å². The molecule has 2 aromatic rings. The maximum atomic E-state index is 12.8. The lowest BCUT2D eigenvalue weighted by Crippen LogP contribution is -2.41. The fourth-order valence-corrected chi connectivity index (χ4v) is 5.20. The van der Waals surface area contributed by atoms with Gasteiger partial charge in [-0.05, 0) is 35.7 Å². The van der Waals surface area contributed by atoms with Crippen molar-refractivity contribution in [3.63, 3.8) is 0 Å². The average Bonchev–Trinajstić information content (AvgIpc) is 3.14. The fraction of sp³-hybridized carbons (Fsp3) is 0.312. The molecule has 1 N–H and O–H groups in total. The Morgan fingerprint density at radius 1 is 1.19 bits per heavy atom. The molecule has 27 heavy (non-hydrogen) atoms.